The maximum Gasteiger partial charge on any atom is 0.495 e. The lowest BCUT2D eigenvalue weighted by atomic mass is 9.74. The summed E-state index contributed by atoms with van der Waals surface area (Å²) in [6.07, 6.45) is 4.63. The third-order valence-electron chi connectivity index (χ3n) is 7.24. The monoisotopic (exact) mass is 398 g/mol. The third kappa shape index (κ3) is 3.24. The molecule has 1 aliphatic heterocycles. The summed E-state index contributed by atoms with van der Waals surface area (Å²) < 4.78 is 14.1. The lowest BCUT2D eigenvalue weighted by Gasteiger charge is -2.32. The van der Waals surface area contributed by atoms with Gasteiger partial charge in [0.2, 0.25) is 0 Å². The molecular weight excluding hydrogens is 367 g/mol. The first kappa shape index (κ1) is 20.6. The van der Waals surface area contributed by atoms with E-state index in [0.29, 0.717) is 10.9 Å². The molecule has 2 aromatic rings. The number of aliphatic hydroxyl groups excluding tert-OH is 1. The van der Waals surface area contributed by atoms with Gasteiger partial charge in [-0.25, -0.2) is 4.98 Å². The molecule has 1 N–H and O–H groups in total. The number of hydrogen-bond acceptors (Lipinski definition) is 5. The van der Waals surface area contributed by atoms with Gasteiger partial charge in [0.25, 0.3) is 5.56 Å². The molecule has 4 rings (SSSR count). The topological polar surface area (TPSA) is 73.6 Å². The zero-order valence-electron chi connectivity index (χ0n) is 18.3. The van der Waals surface area contributed by atoms with Crippen LogP contribution in [0.4, 0.5) is 0 Å². The van der Waals surface area contributed by atoms with Gasteiger partial charge in [0, 0.05) is 0 Å². The average molecular weight is 398 g/mol. The highest BCUT2D eigenvalue weighted by Gasteiger charge is 2.52. The van der Waals surface area contributed by atoms with E-state index < -0.39 is 24.4 Å². The van der Waals surface area contributed by atoms with E-state index in [-0.39, 0.29) is 11.6 Å². The van der Waals surface area contributed by atoms with E-state index in [9.17, 15) is 9.90 Å². The summed E-state index contributed by atoms with van der Waals surface area (Å²) >= 11 is 0. The first-order chi connectivity index (χ1) is 13.5. The van der Waals surface area contributed by atoms with Crippen LogP contribution in [0.2, 0.25) is 0 Å². The van der Waals surface area contributed by atoms with Crippen molar-refractivity contribution in [2.24, 2.45) is 0 Å². The summed E-state index contributed by atoms with van der Waals surface area (Å²) in [5, 5.41) is 11.0. The zero-order valence-corrected chi connectivity index (χ0v) is 18.3. The van der Waals surface area contributed by atoms with Gasteiger partial charge in [0.1, 0.15) is 0 Å². The quantitative estimate of drug-likeness (QED) is 0.788. The molecule has 0 unspecified atom stereocenters. The molecule has 7 heteroatoms. The second-order valence-corrected chi connectivity index (χ2v) is 9.58. The largest absolute Gasteiger partial charge is 0.495 e. The Morgan fingerprint density at radius 2 is 1.72 bits per heavy atom. The van der Waals surface area contributed by atoms with Gasteiger partial charge in [-0.3, -0.25) is 9.36 Å². The lowest BCUT2D eigenvalue weighted by molar-refractivity contribution is 0.00578. The highest BCUT2D eigenvalue weighted by atomic mass is 16.7. The van der Waals surface area contributed by atoms with Gasteiger partial charge >= 0.3 is 7.12 Å². The Hall–Kier alpha value is -1.70. The number of hydrogen-bond donors (Lipinski definition) is 1. The molecule has 2 heterocycles. The van der Waals surface area contributed by atoms with Crippen molar-refractivity contribution < 1.29 is 14.4 Å². The second-order valence-electron chi connectivity index (χ2n) is 9.58. The summed E-state index contributed by atoms with van der Waals surface area (Å²) in [5.41, 5.74) is 2.55. The van der Waals surface area contributed by atoms with Crippen LogP contribution in [0, 0.1) is 13.8 Å². The van der Waals surface area contributed by atoms with Crippen molar-refractivity contribution in [1.29, 1.82) is 0 Å². The average Bonchev–Trinajstić information content (AvgIpc) is 2.86. The number of benzene rings is 1. The molecule has 1 saturated heterocycles. The first-order valence-electron chi connectivity index (χ1n) is 10.6. The molecule has 0 bridgehead atoms. The van der Waals surface area contributed by atoms with Crippen LogP contribution < -0.4 is 11.0 Å². The fraction of sp³-hybridized carbons (Fsp3) is 0.636. The maximum atomic E-state index is 13.4. The van der Waals surface area contributed by atoms with E-state index in [4.69, 9.17) is 9.31 Å². The number of aliphatic hydroxyl groups is 1. The maximum absolute atomic E-state index is 13.4. The molecule has 2 fully saturated rings. The molecule has 0 radical (unpaired) electrons. The molecule has 1 saturated carbocycles. The van der Waals surface area contributed by atoms with Gasteiger partial charge < -0.3 is 14.4 Å². The Morgan fingerprint density at radius 3 is 2.34 bits per heavy atom. The highest BCUT2D eigenvalue weighted by Crippen LogP contribution is 2.37. The van der Waals surface area contributed by atoms with Crippen molar-refractivity contribution in [1.82, 2.24) is 9.55 Å². The van der Waals surface area contributed by atoms with Crippen LogP contribution in [0.1, 0.15) is 70.5 Å². The van der Waals surface area contributed by atoms with Crippen molar-refractivity contribution in [2.75, 3.05) is 0 Å². The standard InChI is InChI=1S/C22H31BN2O4/c1-13-14(2)19-15(11-16(13)23-28-21(3,4)22(5,6)29-23)20(27)25(12-24-19)17-9-7-8-10-18(17)26/h11-12,17-18,26H,7-10H2,1-6H3/t17-,18-/m1/s1. The smallest absolute Gasteiger partial charge is 0.399 e. The van der Waals surface area contributed by atoms with Gasteiger partial charge in [-0.1, -0.05) is 12.8 Å². The van der Waals surface area contributed by atoms with Crippen LogP contribution in [0.5, 0.6) is 0 Å². The van der Waals surface area contributed by atoms with Crippen molar-refractivity contribution in [2.45, 2.75) is 90.6 Å². The Labute approximate surface area is 172 Å². The normalized spacial score (nSPS) is 26.2. The molecular formula is C22H31BN2O4. The minimum Gasteiger partial charge on any atom is -0.399 e. The number of fused-ring (bicyclic) bond motifs is 1. The van der Waals surface area contributed by atoms with E-state index in [1.54, 1.807) is 10.9 Å². The molecule has 1 aromatic carbocycles. The van der Waals surface area contributed by atoms with Gasteiger partial charge in [-0.15, -0.1) is 0 Å². The van der Waals surface area contributed by atoms with Crippen LogP contribution in [-0.2, 0) is 9.31 Å². The summed E-state index contributed by atoms with van der Waals surface area (Å²) in [7, 11) is -0.531. The van der Waals surface area contributed by atoms with E-state index in [1.165, 1.54) is 0 Å². The Kier molecular flexibility index (Phi) is 4.92. The highest BCUT2D eigenvalue weighted by molar-refractivity contribution is 6.63. The van der Waals surface area contributed by atoms with Crippen LogP contribution in [-0.4, -0.2) is 39.1 Å². The number of aryl methyl sites for hydroxylation is 1. The Morgan fingerprint density at radius 1 is 1.10 bits per heavy atom. The molecule has 0 spiro atoms. The fourth-order valence-electron chi connectivity index (χ4n) is 4.44. The fourth-order valence-corrected chi connectivity index (χ4v) is 4.44. The van der Waals surface area contributed by atoms with E-state index >= 15 is 0 Å². The zero-order chi connectivity index (χ0) is 21.1. The molecule has 1 aromatic heterocycles. The van der Waals surface area contributed by atoms with Gasteiger partial charge in [0.15, 0.2) is 0 Å². The molecule has 1 aliphatic carbocycles. The van der Waals surface area contributed by atoms with Crippen LogP contribution in [0.15, 0.2) is 17.2 Å². The van der Waals surface area contributed by atoms with Crippen LogP contribution >= 0.6 is 0 Å². The van der Waals surface area contributed by atoms with Crippen molar-refractivity contribution in [3.05, 3.63) is 33.9 Å². The molecule has 2 atom stereocenters. The molecule has 2 aliphatic rings. The second kappa shape index (κ2) is 6.93. The summed E-state index contributed by atoms with van der Waals surface area (Å²) in [6.45, 7) is 12.1. The minimum absolute atomic E-state index is 0.109. The van der Waals surface area contributed by atoms with E-state index in [0.717, 1.165) is 42.3 Å². The lowest BCUT2D eigenvalue weighted by Crippen LogP contribution is -2.41. The predicted octanol–water partition coefficient (Wildman–Crippen LogP) is 2.79. The number of nitrogens with zero attached hydrogens (tertiary/aromatic N) is 2. The minimum atomic E-state index is -0.531. The molecule has 6 nitrogen and oxygen atoms in total. The Balaban J connectivity index is 1.85. The van der Waals surface area contributed by atoms with Crippen molar-refractivity contribution >= 4 is 23.5 Å². The summed E-state index contributed by atoms with van der Waals surface area (Å²) in [6, 6.07) is 1.66. The van der Waals surface area contributed by atoms with Crippen molar-refractivity contribution in [3.8, 4) is 0 Å². The SMILES string of the molecule is Cc1c(B2OC(C)(C)C(C)(C)O2)cc2c(=O)n([C@@H]3CCCC[C@H]3O)cnc2c1C. The summed E-state index contributed by atoms with van der Waals surface area (Å²) in [4.78, 5) is 18.0. The van der Waals surface area contributed by atoms with Gasteiger partial charge in [-0.05, 0) is 77.0 Å². The Bertz CT molecular complexity index is 998. The van der Waals surface area contributed by atoms with Gasteiger partial charge in [0.05, 0.1) is 40.6 Å². The third-order valence-corrected chi connectivity index (χ3v) is 7.24. The molecule has 156 valence electrons. The predicted molar refractivity (Wildman–Crippen MR) is 115 cm³/mol. The molecule has 0 amide bonds. The molecule has 29 heavy (non-hydrogen) atoms. The summed E-state index contributed by atoms with van der Waals surface area (Å²) in [5.74, 6) is 0. The number of rotatable bonds is 2. The van der Waals surface area contributed by atoms with Crippen LogP contribution in [0.3, 0.4) is 0 Å². The van der Waals surface area contributed by atoms with E-state index in [1.807, 2.05) is 47.6 Å². The van der Waals surface area contributed by atoms with Crippen molar-refractivity contribution in [3.63, 3.8) is 0 Å². The number of aromatic nitrogens is 2. The van der Waals surface area contributed by atoms with Crippen LogP contribution in [0.25, 0.3) is 10.9 Å². The van der Waals surface area contributed by atoms with E-state index in [2.05, 4.69) is 4.98 Å². The first-order valence-corrected chi connectivity index (χ1v) is 10.6. The van der Waals surface area contributed by atoms with Gasteiger partial charge in [-0.2, -0.15) is 0 Å².